The number of H-pyrrole nitrogens is 2. The standard InChI is InChI=1S/C11H10FN5/c1-5-14-11(17-16-5)10-3-6-2-7(12)8(13)4-9(6)15-10/h2-4,15H,13H2,1H3,(H,14,16,17). The number of fused-ring (bicyclic) bond motifs is 1. The number of benzene rings is 1. The molecule has 0 spiro atoms. The number of hydrogen-bond acceptors (Lipinski definition) is 3. The first-order chi connectivity index (χ1) is 8.13. The molecule has 5 nitrogen and oxygen atoms in total. The Labute approximate surface area is 95.9 Å². The first kappa shape index (κ1) is 9.83. The van der Waals surface area contributed by atoms with Crippen LogP contribution in [0.25, 0.3) is 22.4 Å². The molecule has 2 heterocycles. The topological polar surface area (TPSA) is 83.4 Å². The van der Waals surface area contributed by atoms with Gasteiger partial charge < -0.3 is 10.7 Å². The zero-order valence-electron chi connectivity index (χ0n) is 9.08. The lowest BCUT2D eigenvalue weighted by Crippen LogP contribution is -1.89. The summed E-state index contributed by atoms with van der Waals surface area (Å²) in [7, 11) is 0. The summed E-state index contributed by atoms with van der Waals surface area (Å²) in [6.45, 7) is 1.82. The van der Waals surface area contributed by atoms with E-state index < -0.39 is 5.82 Å². The smallest absolute Gasteiger partial charge is 0.197 e. The third-order valence-corrected chi connectivity index (χ3v) is 2.58. The molecule has 0 unspecified atom stereocenters. The van der Waals surface area contributed by atoms with Gasteiger partial charge in [0.15, 0.2) is 5.82 Å². The van der Waals surface area contributed by atoms with E-state index in [4.69, 9.17) is 5.73 Å². The average molecular weight is 231 g/mol. The lowest BCUT2D eigenvalue weighted by Gasteiger charge is -1.95. The first-order valence-electron chi connectivity index (χ1n) is 5.10. The lowest BCUT2D eigenvalue weighted by molar-refractivity contribution is 0.634. The van der Waals surface area contributed by atoms with Crippen LogP contribution >= 0.6 is 0 Å². The quantitative estimate of drug-likeness (QED) is 0.560. The van der Waals surface area contributed by atoms with E-state index in [1.807, 2.05) is 6.92 Å². The number of aromatic nitrogens is 4. The first-order valence-corrected chi connectivity index (χ1v) is 5.10. The van der Waals surface area contributed by atoms with E-state index in [1.165, 1.54) is 6.07 Å². The molecular formula is C11H10FN5. The van der Waals surface area contributed by atoms with Gasteiger partial charge in [-0.1, -0.05) is 0 Å². The molecule has 0 amide bonds. The van der Waals surface area contributed by atoms with Crippen LogP contribution in [0.4, 0.5) is 10.1 Å². The average Bonchev–Trinajstić information content (AvgIpc) is 2.85. The van der Waals surface area contributed by atoms with Gasteiger partial charge in [-0.05, 0) is 25.1 Å². The minimum atomic E-state index is -0.422. The Balaban J connectivity index is 2.19. The Morgan fingerprint density at radius 2 is 2.12 bits per heavy atom. The Morgan fingerprint density at radius 3 is 2.82 bits per heavy atom. The maximum absolute atomic E-state index is 13.3. The predicted molar refractivity (Wildman–Crippen MR) is 62.8 cm³/mol. The zero-order chi connectivity index (χ0) is 12.0. The number of aryl methyl sites for hydroxylation is 1. The van der Waals surface area contributed by atoms with Crippen molar-refractivity contribution in [2.75, 3.05) is 5.73 Å². The highest BCUT2D eigenvalue weighted by molar-refractivity contribution is 5.87. The van der Waals surface area contributed by atoms with Crippen molar-refractivity contribution in [1.29, 1.82) is 0 Å². The lowest BCUT2D eigenvalue weighted by atomic mass is 10.2. The summed E-state index contributed by atoms with van der Waals surface area (Å²) in [5.74, 6) is 0.858. The number of nitrogens with one attached hydrogen (secondary N) is 2. The van der Waals surface area contributed by atoms with Crippen molar-refractivity contribution in [1.82, 2.24) is 20.2 Å². The summed E-state index contributed by atoms with van der Waals surface area (Å²) in [4.78, 5) is 7.30. The number of rotatable bonds is 1. The molecule has 3 aromatic rings. The van der Waals surface area contributed by atoms with Crippen LogP contribution in [0.5, 0.6) is 0 Å². The molecule has 1 aromatic carbocycles. The third kappa shape index (κ3) is 1.54. The van der Waals surface area contributed by atoms with Crippen LogP contribution in [0.15, 0.2) is 18.2 Å². The molecule has 6 heteroatoms. The van der Waals surface area contributed by atoms with Crippen LogP contribution in [0, 0.1) is 12.7 Å². The molecule has 0 radical (unpaired) electrons. The van der Waals surface area contributed by atoms with E-state index in [-0.39, 0.29) is 5.69 Å². The minimum absolute atomic E-state index is 0.122. The molecule has 0 atom stereocenters. The fourth-order valence-electron chi connectivity index (χ4n) is 1.75. The van der Waals surface area contributed by atoms with Gasteiger partial charge >= 0.3 is 0 Å². The van der Waals surface area contributed by atoms with Gasteiger partial charge in [0, 0.05) is 10.9 Å². The molecule has 0 aliphatic carbocycles. The van der Waals surface area contributed by atoms with Crippen molar-refractivity contribution in [3.8, 4) is 11.5 Å². The summed E-state index contributed by atoms with van der Waals surface area (Å²) >= 11 is 0. The minimum Gasteiger partial charge on any atom is -0.396 e. The third-order valence-electron chi connectivity index (χ3n) is 2.58. The molecule has 2 aromatic heterocycles. The Morgan fingerprint density at radius 1 is 1.29 bits per heavy atom. The maximum Gasteiger partial charge on any atom is 0.197 e. The summed E-state index contributed by atoms with van der Waals surface area (Å²) in [5, 5.41) is 7.53. The van der Waals surface area contributed by atoms with Gasteiger partial charge in [-0.3, -0.25) is 5.10 Å². The van der Waals surface area contributed by atoms with Crippen molar-refractivity contribution in [2.24, 2.45) is 0 Å². The van der Waals surface area contributed by atoms with Crippen LogP contribution in [0.1, 0.15) is 5.82 Å². The van der Waals surface area contributed by atoms with Gasteiger partial charge in [-0.25, -0.2) is 9.37 Å². The van der Waals surface area contributed by atoms with Crippen molar-refractivity contribution >= 4 is 16.6 Å². The van der Waals surface area contributed by atoms with E-state index in [0.717, 1.165) is 22.4 Å². The molecule has 0 aliphatic heterocycles. The summed E-state index contributed by atoms with van der Waals surface area (Å²) in [5.41, 5.74) is 7.12. The van der Waals surface area contributed by atoms with Gasteiger partial charge in [0.1, 0.15) is 11.6 Å². The highest BCUT2D eigenvalue weighted by atomic mass is 19.1. The Kier molecular flexibility index (Phi) is 1.91. The number of anilines is 1. The van der Waals surface area contributed by atoms with E-state index in [1.54, 1.807) is 12.1 Å². The van der Waals surface area contributed by atoms with Crippen LogP contribution < -0.4 is 5.73 Å². The van der Waals surface area contributed by atoms with Crippen molar-refractivity contribution in [3.05, 3.63) is 29.8 Å². The molecule has 0 aliphatic rings. The largest absolute Gasteiger partial charge is 0.396 e. The van der Waals surface area contributed by atoms with Crippen LogP contribution in [0.2, 0.25) is 0 Å². The molecule has 0 saturated heterocycles. The van der Waals surface area contributed by atoms with E-state index in [0.29, 0.717) is 5.82 Å². The molecule has 0 fully saturated rings. The SMILES string of the molecule is Cc1nc(-c2cc3cc(F)c(N)cc3[nH]2)n[nH]1. The number of hydrogen-bond donors (Lipinski definition) is 3. The monoisotopic (exact) mass is 231 g/mol. The molecule has 17 heavy (non-hydrogen) atoms. The molecule has 86 valence electrons. The molecule has 0 saturated carbocycles. The van der Waals surface area contributed by atoms with Crippen LogP contribution in [0.3, 0.4) is 0 Å². The highest BCUT2D eigenvalue weighted by Crippen LogP contribution is 2.25. The van der Waals surface area contributed by atoms with Gasteiger partial charge in [-0.15, -0.1) is 0 Å². The van der Waals surface area contributed by atoms with E-state index >= 15 is 0 Å². The second-order valence-corrected chi connectivity index (χ2v) is 3.89. The van der Waals surface area contributed by atoms with E-state index in [9.17, 15) is 4.39 Å². The number of halogens is 1. The van der Waals surface area contributed by atoms with Gasteiger partial charge in [0.05, 0.1) is 11.4 Å². The molecule has 4 N–H and O–H groups in total. The fraction of sp³-hybridized carbons (Fsp3) is 0.0909. The highest BCUT2D eigenvalue weighted by Gasteiger charge is 2.09. The van der Waals surface area contributed by atoms with Gasteiger partial charge in [0.2, 0.25) is 0 Å². The number of nitrogen functional groups attached to an aromatic ring is 1. The van der Waals surface area contributed by atoms with Gasteiger partial charge in [-0.2, -0.15) is 5.10 Å². The van der Waals surface area contributed by atoms with Crippen LogP contribution in [-0.2, 0) is 0 Å². The second-order valence-electron chi connectivity index (χ2n) is 3.89. The molecule has 3 rings (SSSR count). The summed E-state index contributed by atoms with van der Waals surface area (Å²) in [6.07, 6.45) is 0. The van der Waals surface area contributed by atoms with Crippen molar-refractivity contribution in [3.63, 3.8) is 0 Å². The fourth-order valence-corrected chi connectivity index (χ4v) is 1.75. The van der Waals surface area contributed by atoms with Crippen molar-refractivity contribution in [2.45, 2.75) is 6.92 Å². The molecule has 0 bridgehead atoms. The zero-order valence-corrected chi connectivity index (χ0v) is 9.08. The normalized spacial score (nSPS) is 11.2. The van der Waals surface area contributed by atoms with Crippen LogP contribution in [-0.4, -0.2) is 20.2 Å². The predicted octanol–water partition coefficient (Wildman–Crippen LogP) is 1.98. The number of aromatic amines is 2. The maximum atomic E-state index is 13.3. The molecular weight excluding hydrogens is 221 g/mol. The summed E-state index contributed by atoms with van der Waals surface area (Å²) in [6, 6.07) is 4.75. The van der Waals surface area contributed by atoms with Crippen molar-refractivity contribution < 1.29 is 4.39 Å². The van der Waals surface area contributed by atoms with Gasteiger partial charge in [0.25, 0.3) is 0 Å². The number of nitrogens with two attached hydrogens (primary N) is 1. The summed E-state index contributed by atoms with van der Waals surface area (Å²) < 4.78 is 13.3. The van der Waals surface area contributed by atoms with E-state index in [2.05, 4.69) is 20.2 Å². The Hall–Kier alpha value is -2.37. The number of nitrogens with zero attached hydrogens (tertiary/aromatic N) is 2. The second kappa shape index (κ2) is 3.31. The Bertz CT molecular complexity index is 658.